The van der Waals surface area contributed by atoms with Crippen molar-refractivity contribution >= 4 is 17.5 Å². The number of halogens is 1. The van der Waals surface area contributed by atoms with Gasteiger partial charge < -0.3 is 9.80 Å². The summed E-state index contributed by atoms with van der Waals surface area (Å²) in [6.45, 7) is 4.58. The van der Waals surface area contributed by atoms with Crippen molar-refractivity contribution in [3.05, 3.63) is 70.2 Å². The molecular formula is C21H25ClN2O. The van der Waals surface area contributed by atoms with Crippen molar-refractivity contribution in [3.8, 4) is 0 Å². The van der Waals surface area contributed by atoms with Crippen molar-refractivity contribution in [2.24, 2.45) is 0 Å². The van der Waals surface area contributed by atoms with E-state index in [1.807, 2.05) is 42.2 Å². The van der Waals surface area contributed by atoms with Crippen LogP contribution in [-0.2, 0) is 11.2 Å². The van der Waals surface area contributed by atoms with Gasteiger partial charge in [-0.2, -0.15) is 0 Å². The predicted molar refractivity (Wildman–Crippen MR) is 103 cm³/mol. The van der Waals surface area contributed by atoms with E-state index in [0.29, 0.717) is 6.42 Å². The number of amides is 1. The van der Waals surface area contributed by atoms with Crippen LogP contribution >= 0.6 is 11.6 Å². The molecule has 2 aromatic rings. The van der Waals surface area contributed by atoms with Crippen LogP contribution < -0.4 is 0 Å². The van der Waals surface area contributed by atoms with Gasteiger partial charge in [-0.1, -0.05) is 54.1 Å². The molecule has 4 heteroatoms. The summed E-state index contributed by atoms with van der Waals surface area (Å²) >= 11 is 6.20. The molecule has 0 aliphatic carbocycles. The van der Waals surface area contributed by atoms with Crippen LogP contribution in [0.15, 0.2) is 48.5 Å². The molecule has 3 nitrogen and oxygen atoms in total. The minimum Gasteiger partial charge on any atom is -0.333 e. The number of hydrogen-bond acceptors (Lipinski definition) is 2. The number of nitrogens with zero attached hydrogens (tertiary/aromatic N) is 2. The highest BCUT2D eigenvalue weighted by molar-refractivity contribution is 6.31. The van der Waals surface area contributed by atoms with Crippen molar-refractivity contribution in [1.82, 2.24) is 9.80 Å². The van der Waals surface area contributed by atoms with Crippen LogP contribution in [0.3, 0.4) is 0 Å². The number of piperazine rings is 1. The van der Waals surface area contributed by atoms with Gasteiger partial charge in [0.25, 0.3) is 0 Å². The van der Waals surface area contributed by atoms with Gasteiger partial charge in [-0.05, 0) is 43.1 Å². The largest absolute Gasteiger partial charge is 0.333 e. The zero-order chi connectivity index (χ0) is 17.8. The molecule has 1 amide bonds. The molecule has 3 rings (SSSR count). The number of carbonyl (C=O) groups excluding carboxylic acids is 1. The molecule has 1 fully saturated rings. The van der Waals surface area contributed by atoms with Crippen LogP contribution in [0.4, 0.5) is 0 Å². The third-order valence-corrected chi connectivity index (χ3v) is 5.36. The average Bonchev–Trinajstić information content (AvgIpc) is 2.63. The van der Waals surface area contributed by atoms with Crippen LogP contribution in [0.1, 0.15) is 29.2 Å². The number of rotatable bonds is 4. The first kappa shape index (κ1) is 18.0. The van der Waals surface area contributed by atoms with E-state index in [9.17, 15) is 4.79 Å². The van der Waals surface area contributed by atoms with Gasteiger partial charge in [-0.25, -0.2) is 0 Å². The molecule has 1 saturated heterocycles. The average molecular weight is 357 g/mol. The van der Waals surface area contributed by atoms with Crippen LogP contribution in [0.25, 0.3) is 0 Å². The number of aryl methyl sites for hydroxylation is 2. The Labute approximate surface area is 155 Å². The third kappa shape index (κ3) is 4.42. The standard InChI is InChI=1S/C21H25ClN2O/c1-16-8-9-17(14-19(16)22)10-11-21(25)24-13-12-23(2)15-20(24)18-6-4-3-5-7-18/h3-9,14,20H,10-13,15H2,1-2H3/t20-/m1/s1. The summed E-state index contributed by atoms with van der Waals surface area (Å²) in [7, 11) is 2.12. The van der Waals surface area contributed by atoms with Gasteiger partial charge in [0.15, 0.2) is 0 Å². The van der Waals surface area contributed by atoms with E-state index in [1.54, 1.807) is 0 Å². The fourth-order valence-corrected chi connectivity index (χ4v) is 3.57. The maximum absolute atomic E-state index is 12.9. The van der Waals surface area contributed by atoms with Crippen LogP contribution in [0.2, 0.25) is 5.02 Å². The molecular weight excluding hydrogens is 332 g/mol. The van der Waals surface area contributed by atoms with Crippen molar-refractivity contribution in [1.29, 1.82) is 0 Å². The normalized spacial score (nSPS) is 18.4. The van der Waals surface area contributed by atoms with Crippen molar-refractivity contribution in [2.75, 3.05) is 26.7 Å². The number of likely N-dealkylation sites (N-methyl/N-ethyl adjacent to an activating group) is 1. The van der Waals surface area contributed by atoms with Gasteiger partial charge in [0.1, 0.15) is 0 Å². The predicted octanol–water partition coefficient (Wildman–Crippen LogP) is 4.10. The summed E-state index contributed by atoms with van der Waals surface area (Å²) in [4.78, 5) is 17.2. The molecule has 1 aliphatic heterocycles. The Morgan fingerprint density at radius 1 is 1.16 bits per heavy atom. The third-order valence-electron chi connectivity index (χ3n) is 4.95. The van der Waals surface area contributed by atoms with E-state index in [4.69, 9.17) is 11.6 Å². The topological polar surface area (TPSA) is 23.6 Å². The van der Waals surface area contributed by atoms with Crippen molar-refractivity contribution in [3.63, 3.8) is 0 Å². The van der Waals surface area contributed by atoms with E-state index >= 15 is 0 Å². The molecule has 25 heavy (non-hydrogen) atoms. The zero-order valence-corrected chi connectivity index (χ0v) is 15.7. The first-order valence-corrected chi connectivity index (χ1v) is 9.20. The maximum atomic E-state index is 12.9. The molecule has 0 N–H and O–H groups in total. The van der Waals surface area contributed by atoms with E-state index < -0.39 is 0 Å². The fourth-order valence-electron chi connectivity index (χ4n) is 3.37. The molecule has 0 unspecified atom stereocenters. The van der Waals surface area contributed by atoms with Crippen LogP contribution in [-0.4, -0.2) is 42.4 Å². The second-order valence-electron chi connectivity index (χ2n) is 6.86. The van der Waals surface area contributed by atoms with Crippen LogP contribution in [0.5, 0.6) is 0 Å². The first-order valence-electron chi connectivity index (χ1n) is 8.82. The summed E-state index contributed by atoms with van der Waals surface area (Å²) in [5, 5.41) is 0.770. The molecule has 0 bridgehead atoms. The van der Waals surface area contributed by atoms with Gasteiger partial charge in [0, 0.05) is 31.1 Å². The quantitative estimate of drug-likeness (QED) is 0.823. The lowest BCUT2D eigenvalue weighted by molar-refractivity contribution is -0.136. The van der Waals surface area contributed by atoms with E-state index in [-0.39, 0.29) is 11.9 Å². The summed E-state index contributed by atoms with van der Waals surface area (Å²) in [6.07, 6.45) is 1.25. The second kappa shape index (κ2) is 8.03. The SMILES string of the molecule is Cc1ccc(CCC(=O)N2CCN(C)C[C@@H]2c2ccccc2)cc1Cl. The number of hydrogen-bond donors (Lipinski definition) is 0. The lowest BCUT2D eigenvalue weighted by atomic mass is 10.0. The van der Waals surface area contributed by atoms with Gasteiger partial charge in [-0.15, -0.1) is 0 Å². The van der Waals surface area contributed by atoms with E-state index in [2.05, 4.69) is 30.1 Å². The Hall–Kier alpha value is -1.84. The van der Waals surface area contributed by atoms with Crippen molar-refractivity contribution in [2.45, 2.75) is 25.8 Å². The maximum Gasteiger partial charge on any atom is 0.223 e. The molecule has 1 heterocycles. The minimum absolute atomic E-state index is 0.133. The smallest absolute Gasteiger partial charge is 0.223 e. The highest BCUT2D eigenvalue weighted by Gasteiger charge is 2.29. The Morgan fingerprint density at radius 2 is 1.92 bits per heavy atom. The minimum atomic E-state index is 0.133. The Kier molecular flexibility index (Phi) is 5.77. The lowest BCUT2D eigenvalue weighted by Gasteiger charge is -2.40. The summed E-state index contributed by atoms with van der Waals surface area (Å²) in [6, 6.07) is 16.5. The molecule has 0 spiro atoms. The molecule has 132 valence electrons. The van der Waals surface area contributed by atoms with Crippen LogP contribution in [0, 0.1) is 6.92 Å². The molecule has 1 aliphatic rings. The second-order valence-corrected chi connectivity index (χ2v) is 7.27. The molecule has 0 radical (unpaired) electrons. The number of benzene rings is 2. The summed E-state index contributed by atoms with van der Waals surface area (Å²) < 4.78 is 0. The molecule has 1 atom stereocenters. The van der Waals surface area contributed by atoms with Gasteiger partial charge in [0.2, 0.25) is 5.91 Å². The van der Waals surface area contributed by atoms with Crippen molar-refractivity contribution < 1.29 is 4.79 Å². The monoisotopic (exact) mass is 356 g/mol. The van der Waals surface area contributed by atoms with Gasteiger partial charge >= 0.3 is 0 Å². The van der Waals surface area contributed by atoms with Gasteiger partial charge in [-0.3, -0.25) is 4.79 Å². The Balaban J connectivity index is 1.69. The Bertz CT molecular complexity index is 732. The van der Waals surface area contributed by atoms with Gasteiger partial charge in [0.05, 0.1) is 6.04 Å². The highest BCUT2D eigenvalue weighted by atomic mass is 35.5. The lowest BCUT2D eigenvalue weighted by Crippen LogP contribution is -2.49. The zero-order valence-electron chi connectivity index (χ0n) is 14.9. The first-order chi connectivity index (χ1) is 12.0. The van der Waals surface area contributed by atoms with E-state index in [0.717, 1.165) is 42.2 Å². The number of carbonyl (C=O) groups is 1. The molecule has 2 aromatic carbocycles. The Morgan fingerprint density at radius 3 is 2.64 bits per heavy atom. The summed E-state index contributed by atoms with van der Waals surface area (Å²) in [5.41, 5.74) is 3.40. The molecule has 0 saturated carbocycles. The molecule has 0 aromatic heterocycles. The highest BCUT2D eigenvalue weighted by Crippen LogP contribution is 2.26. The fraction of sp³-hybridized carbons (Fsp3) is 0.381. The van der Waals surface area contributed by atoms with E-state index in [1.165, 1.54) is 5.56 Å². The summed E-state index contributed by atoms with van der Waals surface area (Å²) in [5.74, 6) is 0.221.